The molecule has 4 atom stereocenters. The summed E-state index contributed by atoms with van der Waals surface area (Å²) in [7, 11) is 0. The van der Waals surface area contributed by atoms with Gasteiger partial charge in [0.1, 0.15) is 12.0 Å². The van der Waals surface area contributed by atoms with Gasteiger partial charge in [0.15, 0.2) is 11.4 Å². The van der Waals surface area contributed by atoms with E-state index in [0.29, 0.717) is 18.4 Å². The van der Waals surface area contributed by atoms with E-state index in [1.54, 1.807) is 19.9 Å². The number of ketones is 1. The van der Waals surface area contributed by atoms with Crippen LogP contribution < -0.4 is 0 Å². The minimum Gasteiger partial charge on any atom is -0.457 e. The van der Waals surface area contributed by atoms with Crippen LogP contribution in [0.3, 0.4) is 0 Å². The Hall–Kier alpha value is -1.76. The average Bonchev–Trinajstić information content (AvgIpc) is 2.61. The van der Waals surface area contributed by atoms with E-state index in [4.69, 9.17) is 4.74 Å². The summed E-state index contributed by atoms with van der Waals surface area (Å²) in [6, 6.07) is 0. The molecule has 3 N–H and O–H groups in total. The van der Waals surface area contributed by atoms with Gasteiger partial charge in [0.25, 0.3) is 0 Å². The molecular formula is C21H32O6. The lowest BCUT2D eigenvalue weighted by Gasteiger charge is -2.29. The molecule has 1 aliphatic rings. The Labute approximate surface area is 161 Å². The molecule has 0 aliphatic carbocycles. The van der Waals surface area contributed by atoms with Gasteiger partial charge in [-0.05, 0) is 38.2 Å². The van der Waals surface area contributed by atoms with E-state index in [0.717, 1.165) is 11.1 Å². The number of aliphatic hydroxyl groups excluding tert-OH is 2. The summed E-state index contributed by atoms with van der Waals surface area (Å²) < 4.78 is 5.43. The lowest BCUT2D eigenvalue weighted by Crippen LogP contribution is -2.48. The van der Waals surface area contributed by atoms with E-state index in [1.165, 1.54) is 6.92 Å². The highest BCUT2D eigenvalue weighted by Crippen LogP contribution is 2.26. The number of carbonyl (C=O) groups excluding carboxylic acids is 2. The predicted octanol–water partition coefficient (Wildman–Crippen LogP) is 2.09. The molecule has 6 nitrogen and oxygen atoms in total. The molecule has 0 aromatic carbocycles. The van der Waals surface area contributed by atoms with Gasteiger partial charge in [0, 0.05) is 6.42 Å². The van der Waals surface area contributed by atoms with Gasteiger partial charge in [-0.15, -0.1) is 0 Å². The number of hydrogen-bond donors (Lipinski definition) is 3. The first-order valence-corrected chi connectivity index (χ1v) is 9.32. The molecule has 0 unspecified atom stereocenters. The summed E-state index contributed by atoms with van der Waals surface area (Å²) in [6.45, 7) is 9.84. The molecule has 0 saturated heterocycles. The molecule has 0 saturated carbocycles. The van der Waals surface area contributed by atoms with E-state index in [1.807, 2.05) is 13.0 Å². The van der Waals surface area contributed by atoms with Crippen molar-refractivity contribution in [3.05, 3.63) is 35.5 Å². The summed E-state index contributed by atoms with van der Waals surface area (Å²) >= 11 is 0. The summed E-state index contributed by atoms with van der Waals surface area (Å²) in [5.74, 6) is -2.74. The van der Waals surface area contributed by atoms with Crippen molar-refractivity contribution in [2.45, 2.75) is 58.7 Å². The summed E-state index contributed by atoms with van der Waals surface area (Å²) in [5.41, 5.74) is -0.0192. The van der Waals surface area contributed by atoms with E-state index >= 15 is 0 Å². The van der Waals surface area contributed by atoms with Crippen molar-refractivity contribution < 1.29 is 29.6 Å². The number of cyclic esters (lactones) is 1. The second kappa shape index (κ2) is 9.97. The molecule has 0 amide bonds. The Morgan fingerprint density at radius 2 is 1.93 bits per heavy atom. The van der Waals surface area contributed by atoms with Crippen LogP contribution in [0.1, 0.15) is 47.0 Å². The Kier molecular flexibility index (Phi) is 8.59. The van der Waals surface area contributed by atoms with Crippen LogP contribution in [-0.2, 0) is 14.3 Å². The van der Waals surface area contributed by atoms with Crippen LogP contribution in [-0.4, -0.2) is 52.0 Å². The molecule has 0 fully saturated rings. The standard InChI is InChI=1S/C21H32O6/c1-6-18-17(11-22)9-14(3)7-13(2)8-15(4)10-21(26,12-23)19(24)16(5)20(25)27-18/h8-9,13,16,18,22-23,26H,3,6-7,10-12H2,1-2,4-5H3/t13-,16+,18-,21-/m0/s1. The maximum atomic E-state index is 12.7. The zero-order valence-corrected chi connectivity index (χ0v) is 16.7. The number of carbonyl (C=O) groups is 2. The zero-order valence-electron chi connectivity index (χ0n) is 16.7. The minimum atomic E-state index is -2.04. The molecule has 152 valence electrons. The molecular weight excluding hydrogens is 348 g/mol. The van der Waals surface area contributed by atoms with Gasteiger partial charge in [0.05, 0.1) is 13.2 Å². The normalized spacial score (nSPS) is 31.7. The Balaban J connectivity index is 3.37. The lowest BCUT2D eigenvalue weighted by atomic mass is 9.84. The predicted molar refractivity (Wildman–Crippen MR) is 103 cm³/mol. The summed E-state index contributed by atoms with van der Waals surface area (Å²) in [4.78, 5) is 25.1. The van der Waals surface area contributed by atoms with Crippen molar-refractivity contribution in [1.82, 2.24) is 0 Å². The van der Waals surface area contributed by atoms with Crippen LogP contribution in [0.15, 0.2) is 35.5 Å². The quantitative estimate of drug-likeness (QED) is 0.393. The van der Waals surface area contributed by atoms with Gasteiger partial charge in [-0.1, -0.05) is 43.7 Å². The molecule has 27 heavy (non-hydrogen) atoms. The van der Waals surface area contributed by atoms with E-state index in [-0.39, 0.29) is 18.9 Å². The van der Waals surface area contributed by atoms with Crippen LogP contribution in [0.25, 0.3) is 0 Å². The number of Topliss-reactive ketones (excluding diaryl/α,β-unsaturated/α-hetero) is 1. The highest BCUT2D eigenvalue weighted by molar-refractivity contribution is 6.03. The van der Waals surface area contributed by atoms with Crippen molar-refractivity contribution in [3.63, 3.8) is 0 Å². The Morgan fingerprint density at radius 1 is 1.30 bits per heavy atom. The van der Waals surface area contributed by atoms with Crippen LogP contribution in [0, 0.1) is 11.8 Å². The van der Waals surface area contributed by atoms with Crippen molar-refractivity contribution in [3.8, 4) is 0 Å². The van der Waals surface area contributed by atoms with Gasteiger partial charge in [-0.2, -0.15) is 0 Å². The van der Waals surface area contributed by atoms with Crippen LogP contribution in [0.4, 0.5) is 0 Å². The molecule has 0 aromatic rings. The fourth-order valence-electron chi connectivity index (χ4n) is 3.43. The van der Waals surface area contributed by atoms with Crippen LogP contribution in [0.2, 0.25) is 0 Å². The van der Waals surface area contributed by atoms with Gasteiger partial charge in [-0.25, -0.2) is 0 Å². The van der Waals surface area contributed by atoms with Crippen molar-refractivity contribution in [2.24, 2.45) is 11.8 Å². The van der Waals surface area contributed by atoms with Crippen LogP contribution in [0.5, 0.6) is 0 Å². The SMILES string of the molecule is C=C1C=C(CO)[C@H](CC)OC(=O)[C@H](C)C(=O)[C@@](O)(CO)CC(C)=C[C@@H](C)C1. The number of rotatable bonds is 3. The number of esters is 1. The zero-order chi connectivity index (χ0) is 20.8. The molecule has 1 aliphatic heterocycles. The highest BCUT2D eigenvalue weighted by atomic mass is 16.5. The fraction of sp³-hybridized carbons (Fsp3) is 0.619. The molecule has 6 heteroatoms. The number of hydrogen-bond acceptors (Lipinski definition) is 6. The summed E-state index contributed by atoms with van der Waals surface area (Å²) in [6.07, 6.45) is 3.93. The topological polar surface area (TPSA) is 104 Å². The maximum absolute atomic E-state index is 12.7. The molecule has 0 aromatic heterocycles. The van der Waals surface area contributed by atoms with Gasteiger partial charge in [0.2, 0.25) is 0 Å². The first-order chi connectivity index (χ1) is 12.6. The fourth-order valence-corrected chi connectivity index (χ4v) is 3.43. The molecule has 0 radical (unpaired) electrons. The first kappa shape index (κ1) is 23.3. The molecule has 1 rings (SSSR count). The largest absolute Gasteiger partial charge is 0.457 e. The first-order valence-electron chi connectivity index (χ1n) is 9.32. The van der Waals surface area contributed by atoms with Crippen LogP contribution >= 0.6 is 0 Å². The third kappa shape index (κ3) is 6.13. The van der Waals surface area contributed by atoms with Crippen molar-refractivity contribution in [2.75, 3.05) is 13.2 Å². The number of ether oxygens (including phenoxy) is 1. The van der Waals surface area contributed by atoms with Crippen molar-refractivity contribution >= 4 is 11.8 Å². The second-order valence-corrected chi connectivity index (χ2v) is 7.52. The second-order valence-electron chi connectivity index (χ2n) is 7.52. The van der Waals surface area contributed by atoms with Gasteiger partial charge >= 0.3 is 5.97 Å². The Morgan fingerprint density at radius 3 is 2.44 bits per heavy atom. The molecule has 1 heterocycles. The van der Waals surface area contributed by atoms with Gasteiger partial charge < -0.3 is 20.1 Å². The monoisotopic (exact) mass is 380 g/mol. The van der Waals surface area contributed by atoms with E-state index in [9.17, 15) is 24.9 Å². The third-order valence-electron chi connectivity index (χ3n) is 4.81. The van der Waals surface area contributed by atoms with E-state index < -0.39 is 36.0 Å². The Bertz CT molecular complexity index is 633. The minimum absolute atomic E-state index is 0.0638. The maximum Gasteiger partial charge on any atom is 0.316 e. The van der Waals surface area contributed by atoms with Gasteiger partial charge in [-0.3, -0.25) is 9.59 Å². The van der Waals surface area contributed by atoms with E-state index in [2.05, 4.69) is 6.58 Å². The number of aliphatic hydroxyl groups is 3. The third-order valence-corrected chi connectivity index (χ3v) is 4.81. The number of allylic oxidation sites excluding steroid dienone is 3. The highest BCUT2D eigenvalue weighted by Gasteiger charge is 2.42. The summed E-state index contributed by atoms with van der Waals surface area (Å²) in [5, 5.41) is 30.0. The lowest BCUT2D eigenvalue weighted by molar-refractivity contribution is -0.162. The molecule has 0 bridgehead atoms. The average molecular weight is 380 g/mol. The molecule has 0 spiro atoms. The smallest absolute Gasteiger partial charge is 0.316 e. The van der Waals surface area contributed by atoms with Crippen molar-refractivity contribution in [1.29, 1.82) is 0 Å².